The van der Waals surface area contributed by atoms with Crippen LogP contribution in [-0.4, -0.2) is 54.5 Å². The molecule has 0 radical (unpaired) electrons. The van der Waals surface area contributed by atoms with E-state index in [0.29, 0.717) is 38.9 Å². The summed E-state index contributed by atoms with van der Waals surface area (Å²) in [7, 11) is 0. The first kappa shape index (κ1) is 15.9. The van der Waals surface area contributed by atoms with Gasteiger partial charge in [-0.25, -0.2) is 0 Å². The summed E-state index contributed by atoms with van der Waals surface area (Å²) < 4.78 is 10.1. The van der Waals surface area contributed by atoms with Gasteiger partial charge in [-0.05, 0) is 26.7 Å². The molecular weight excluding hydrogens is 274 g/mol. The van der Waals surface area contributed by atoms with Gasteiger partial charge < -0.3 is 9.47 Å². The second-order valence-corrected chi connectivity index (χ2v) is 5.65. The van der Waals surface area contributed by atoms with Crippen molar-refractivity contribution in [1.82, 2.24) is 4.90 Å². The fourth-order valence-corrected chi connectivity index (χ4v) is 3.40. The van der Waals surface area contributed by atoms with E-state index in [1.807, 2.05) is 4.90 Å². The number of carbonyl (C=O) groups excluding carboxylic acids is 3. The number of esters is 2. The predicted octanol–water partition coefficient (Wildman–Crippen LogP) is 0.925. The lowest BCUT2D eigenvalue weighted by Crippen LogP contribution is -2.57. The maximum atomic E-state index is 11.9. The Labute approximate surface area is 124 Å². The molecule has 0 amide bonds. The Morgan fingerprint density at radius 2 is 1.67 bits per heavy atom. The molecule has 6 nitrogen and oxygen atoms in total. The number of ether oxygens (including phenoxy) is 2. The third-order valence-electron chi connectivity index (χ3n) is 4.21. The normalized spacial score (nSPS) is 29.0. The van der Waals surface area contributed by atoms with Crippen molar-refractivity contribution in [2.45, 2.75) is 51.6 Å². The molecular formula is C15H23NO5. The number of fused-ring (bicyclic) bond motifs is 2. The first-order valence-electron chi connectivity index (χ1n) is 7.64. The van der Waals surface area contributed by atoms with Crippen molar-refractivity contribution >= 4 is 17.7 Å². The van der Waals surface area contributed by atoms with Gasteiger partial charge in [-0.3, -0.25) is 19.3 Å². The molecule has 0 spiro atoms. The lowest BCUT2D eigenvalue weighted by Gasteiger charge is -2.46. The Hall–Kier alpha value is -1.43. The van der Waals surface area contributed by atoms with E-state index >= 15 is 0 Å². The Balaban J connectivity index is 2.04. The molecule has 0 unspecified atom stereocenters. The van der Waals surface area contributed by atoms with E-state index in [2.05, 4.69) is 0 Å². The van der Waals surface area contributed by atoms with E-state index in [9.17, 15) is 14.4 Å². The molecule has 2 rings (SSSR count). The zero-order valence-electron chi connectivity index (χ0n) is 12.7. The van der Waals surface area contributed by atoms with Crippen molar-refractivity contribution < 1.29 is 23.9 Å². The number of ketones is 1. The zero-order valence-corrected chi connectivity index (χ0v) is 12.7. The molecule has 0 aromatic heterocycles. The van der Waals surface area contributed by atoms with Crippen LogP contribution in [0.15, 0.2) is 0 Å². The molecule has 2 aliphatic rings. The minimum atomic E-state index is -0.267. The van der Waals surface area contributed by atoms with Gasteiger partial charge in [0.15, 0.2) is 0 Å². The van der Waals surface area contributed by atoms with Crippen molar-refractivity contribution in [2.24, 2.45) is 5.92 Å². The second kappa shape index (κ2) is 7.02. The molecule has 118 valence electrons. The van der Waals surface area contributed by atoms with E-state index in [1.54, 1.807) is 13.8 Å². The van der Waals surface area contributed by atoms with Crippen LogP contribution in [0.5, 0.6) is 0 Å². The molecule has 2 aliphatic heterocycles. The van der Waals surface area contributed by atoms with E-state index < -0.39 is 0 Å². The van der Waals surface area contributed by atoms with Gasteiger partial charge in [0, 0.05) is 24.9 Å². The lowest BCUT2D eigenvalue weighted by atomic mass is 9.78. The summed E-state index contributed by atoms with van der Waals surface area (Å²) >= 11 is 0. The van der Waals surface area contributed by atoms with E-state index in [-0.39, 0.29) is 42.3 Å². The summed E-state index contributed by atoms with van der Waals surface area (Å²) in [4.78, 5) is 37.4. The van der Waals surface area contributed by atoms with Crippen LogP contribution >= 0.6 is 0 Å². The molecule has 0 aromatic carbocycles. The predicted molar refractivity (Wildman–Crippen MR) is 74.5 cm³/mol. The minimum absolute atomic E-state index is 0.0520. The first-order valence-corrected chi connectivity index (χ1v) is 7.64. The SMILES string of the molecule is CCOC(=O)CN1[C@@H]2CC(=O)C[C@@H]1CC(C(=O)OCC)C2. The molecule has 2 heterocycles. The number of hydrogen-bond donors (Lipinski definition) is 0. The van der Waals surface area contributed by atoms with Crippen molar-refractivity contribution in [3.63, 3.8) is 0 Å². The summed E-state index contributed by atoms with van der Waals surface area (Å²) in [6.45, 7) is 4.49. The van der Waals surface area contributed by atoms with Crippen LogP contribution in [0.25, 0.3) is 0 Å². The number of nitrogens with zero attached hydrogens (tertiary/aromatic N) is 1. The largest absolute Gasteiger partial charge is 0.466 e. The summed E-state index contributed by atoms with van der Waals surface area (Å²) in [5.41, 5.74) is 0. The Morgan fingerprint density at radius 1 is 1.10 bits per heavy atom. The molecule has 2 fully saturated rings. The number of carbonyl (C=O) groups is 3. The highest BCUT2D eigenvalue weighted by atomic mass is 16.5. The van der Waals surface area contributed by atoms with E-state index in [0.717, 1.165) is 0 Å². The van der Waals surface area contributed by atoms with Gasteiger partial charge in [0.05, 0.1) is 25.7 Å². The smallest absolute Gasteiger partial charge is 0.320 e. The highest BCUT2D eigenvalue weighted by molar-refractivity contribution is 5.82. The maximum absolute atomic E-state index is 11.9. The maximum Gasteiger partial charge on any atom is 0.320 e. The van der Waals surface area contributed by atoms with Crippen molar-refractivity contribution in [3.05, 3.63) is 0 Å². The zero-order chi connectivity index (χ0) is 15.4. The van der Waals surface area contributed by atoms with Gasteiger partial charge in [-0.1, -0.05) is 0 Å². The highest BCUT2D eigenvalue weighted by Crippen LogP contribution is 2.36. The van der Waals surface area contributed by atoms with Gasteiger partial charge >= 0.3 is 11.9 Å². The monoisotopic (exact) mass is 297 g/mol. The summed E-state index contributed by atoms with van der Waals surface area (Å²) in [6.07, 6.45) is 1.98. The quantitative estimate of drug-likeness (QED) is 0.703. The topological polar surface area (TPSA) is 72.9 Å². The van der Waals surface area contributed by atoms with Crippen molar-refractivity contribution in [2.75, 3.05) is 19.8 Å². The Bertz CT molecular complexity index is 404. The average Bonchev–Trinajstić information content (AvgIpc) is 2.40. The van der Waals surface area contributed by atoms with Crippen LogP contribution in [0.4, 0.5) is 0 Å². The molecule has 2 bridgehead atoms. The molecule has 0 N–H and O–H groups in total. The van der Waals surface area contributed by atoms with Crippen LogP contribution in [0, 0.1) is 5.92 Å². The molecule has 21 heavy (non-hydrogen) atoms. The number of hydrogen-bond acceptors (Lipinski definition) is 6. The number of Topliss-reactive ketones (excluding diaryl/α,β-unsaturated/α-hetero) is 1. The third kappa shape index (κ3) is 3.81. The number of rotatable bonds is 5. The lowest BCUT2D eigenvalue weighted by molar-refractivity contribution is -0.157. The van der Waals surface area contributed by atoms with Crippen LogP contribution in [0.3, 0.4) is 0 Å². The molecule has 2 saturated heterocycles. The van der Waals surface area contributed by atoms with E-state index in [1.165, 1.54) is 0 Å². The molecule has 0 saturated carbocycles. The third-order valence-corrected chi connectivity index (χ3v) is 4.21. The Kier molecular flexibility index (Phi) is 5.33. The number of piperidine rings is 2. The molecule has 6 heteroatoms. The molecule has 0 aromatic rings. The summed E-state index contributed by atoms with van der Waals surface area (Å²) in [5.74, 6) is -0.395. The van der Waals surface area contributed by atoms with Gasteiger partial charge in [0.25, 0.3) is 0 Å². The standard InChI is InChI=1S/C15H23NO5/c1-3-20-14(18)9-16-11-5-10(15(19)21-4-2)6-12(16)8-13(17)7-11/h10-12H,3-9H2,1-2H3/t11-,12-/m0/s1. The Morgan fingerprint density at radius 3 is 2.19 bits per heavy atom. The minimum Gasteiger partial charge on any atom is -0.466 e. The van der Waals surface area contributed by atoms with Gasteiger partial charge in [-0.2, -0.15) is 0 Å². The average molecular weight is 297 g/mol. The molecule has 2 atom stereocenters. The molecule has 0 aliphatic carbocycles. The summed E-state index contributed by atoms with van der Waals surface area (Å²) in [6, 6.07) is -0.104. The van der Waals surface area contributed by atoms with Crippen LogP contribution in [0.2, 0.25) is 0 Å². The van der Waals surface area contributed by atoms with Crippen LogP contribution in [-0.2, 0) is 23.9 Å². The van der Waals surface area contributed by atoms with Gasteiger partial charge in [-0.15, -0.1) is 0 Å². The van der Waals surface area contributed by atoms with Gasteiger partial charge in [0.2, 0.25) is 0 Å². The van der Waals surface area contributed by atoms with E-state index in [4.69, 9.17) is 9.47 Å². The fraction of sp³-hybridized carbons (Fsp3) is 0.800. The van der Waals surface area contributed by atoms with Crippen LogP contribution < -0.4 is 0 Å². The highest BCUT2D eigenvalue weighted by Gasteiger charge is 2.44. The first-order chi connectivity index (χ1) is 10.0. The fourth-order valence-electron chi connectivity index (χ4n) is 3.40. The van der Waals surface area contributed by atoms with Crippen molar-refractivity contribution in [1.29, 1.82) is 0 Å². The van der Waals surface area contributed by atoms with Crippen molar-refractivity contribution in [3.8, 4) is 0 Å². The van der Waals surface area contributed by atoms with Gasteiger partial charge in [0.1, 0.15) is 5.78 Å². The second-order valence-electron chi connectivity index (χ2n) is 5.65. The summed E-state index contributed by atoms with van der Waals surface area (Å²) in [5, 5.41) is 0. The van der Waals surface area contributed by atoms with Crippen LogP contribution in [0.1, 0.15) is 39.5 Å².